The van der Waals surface area contributed by atoms with Gasteiger partial charge in [0, 0.05) is 32.7 Å². The molecular formula is C27H38N2O7. The summed E-state index contributed by atoms with van der Waals surface area (Å²) in [6.45, 7) is 9.04. The monoisotopic (exact) mass is 502 g/mol. The van der Waals surface area contributed by atoms with Gasteiger partial charge in [0.15, 0.2) is 5.60 Å². The largest absolute Gasteiger partial charge is 0.461 e. The van der Waals surface area contributed by atoms with Crippen LogP contribution in [-0.2, 0) is 16.0 Å². The molecule has 0 amide bonds. The quantitative estimate of drug-likeness (QED) is 0.315. The molecule has 0 radical (unpaired) electrons. The topological polar surface area (TPSA) is 124 Å². The Morgan fingerprint density at radius 2 is 1.86 bits per heavy atom. The van der Waals surface area contributed by atoms with Crippen LogP contribution in [0.15, 0.2) is 42.5 Å². The average Bonchev–Trinajstić information content (AvgIpc) is 2.89. The normalized spacial score (nSPS) is 29.3. The maximum atomic E-state index is 10.7. The summed E-state index contributed by atoms with van der Waals surface area (Å²) in [5.41, 5.74) is 2.26. The van der Waals surface area contributed by atoms with E-state index < -0.39 is 36.8 Å². The summed E-state index contributed by atoms with van der Waals surface area (Å²) in [7, 11) is 0. The van der Waals surface area contributed by atoms with Gasteiger partial charge in [-0.15, -0.1) is 0 Å². The molecule has 5 atom stereocenters. The molecule has 9 heteroatoms. The highest BCUT2D eigenvalue weighted by Crippen LogP contribution is 2.34. The Morgan fingerprint density at radius 3 is 2.58 bits per heavy atom. The summed E-state index contributed by atoms with van der Waals surface area (Å²) in [5, 5.41) is 44.1. The lowest BCUT2D eigenvalue weighted by atomic mass is 9.88. The Labute approximate surface area is 212 Å². The molecule has 5 N–H and O–H groups in total. The van der Waals surface area contributed by atoms with Crippen LogP contribution in [0.5, 0.6) is 5.75 Å². The smallest absolute Gasteiger partial charge is 0.231 e. The minimum absolute atomic E-state index is 0.477. The van der Waals surface area contributed by atoms with Gasteiger partial charge in [-0.05, 0) is 54.3 Å². The average molecular weight is 503 g/mol. The molecule has 36 heavy (non-hydrogen) atoms. The highest BCUT2D eigenvalue weighted by Gasteiger charge is 2.53. The molecular weight excluding hydrogens is 464 g/mol. The van der Waals surface area contributed by atoms with Gasteiger partial charge in [0.05, 0.1) is 19.8 Å². The van der Waals surface area contributed by atoms with Gasteiger partial charge in [-0.25, -0.2) is 0 Å². The van der Waals surface area contributed by atoms with Gasteiger partial charge in [-0.3, -0.25) is 4.90 Å². The van der Waals surface area contributed by atoms with Gasteiger partial charge >= 0.3 is 0 Å². The predicted molar refractivity (Wildman–Crippen MR) is 135 cm³/mol. The van der Waals surface area contributed by atoms with Crippen LogP contribution in [0.4, 0.5) is 0 Å². The summed E-state index contributed by atoms with van der Waals surface area (Å²) in [5.74, 6) is 0.477. The first-order valence-electron chi connectivity index (χ1n) is 12.5. The van der Waals surface area contributed by atoms with Crippen LogP contribution in [0.25, 0.3) is 11.1 Å². The van der Waals surface area contributed by atoms with Gasteiger partial charge in [0.1, 0.15) is 24.1 Å². The third kappa shape index (κ3) is 6.24. The minimum atomic E-state index is -1.86. The maximum Gasteiger partial charge on any atom is 0.231 e. The summed E-state index contributed by atoms with van der Waals surface area (Å²) in [4.78, 5) is 2.41. The number of nitrogens with zero attached hydrogens (tertiary/aromatic N) is 1. The van der Waals surface area contributed by atoms with Crippen LogP contribution in [0, 0.1) is 6.92 Å². The lowest BCUT2D eigenvalue weighted by Gasteiger charge is -2.45. The van der Waals surface area contributed by atoms with Gasteiger partial charge < -0.3 is 40.0 Å². The van der Waals surface area contributed by atoms with Gasteiger partial charge in [0.25, 0.3) is 0 Å². The first kappa shape index (κ1) is 27.0. The number of aryl methyl sites for hydroxylation is 1. The number of hydrogen-bond acceptors (Lipinski definition) is 9. The van der Waals surface area contributed by atoms with E-state index in [0.717, 1.165) is 62.6 Å². The Hall–Kier alpha value is -2.08. The van der Waals surface area contributed by atoms with E-state index in [1.807, 2.05) is 25.1 Å². The van der Waals surface area contributed by atoms with Crippen LogP contribution >= 0.6 is 0 Å². The van der Waals surface area contributed by atoms with Crippen molar-refractivity contribution in [1.82, 2.24) is 10.2 Å². The molecule has 2 aromatic rings. The third-order valence-corrected chi connectivity index (χ3v) is 6.97. The zero-order valence-electron chi connectivity index (χ0n) is 21.0. The van der Waals surface area contributed by atoms with Crippen LogP contribution in [-0.4, -0.2) is 102 Å². The number of aliphatic hydroxyl groups is 4. The number of aliphatic hydroxyl groups excluding tert-OH is 3. The maximum absolute atomic E-state index is 10.7. The van der Waals surface area contributed by atoms with E-state index >= 15 is 0 Å². The van der Waals surface area contributed by atoms with Crippen molar-refractivity contribution in [2.45, 2.75) is 50.6 Å². The zero-order chi connectivity index (χ0) is 25.7. The summed E-state index contributed by atoms with van der Waals surface area (Å²) < 4.78 is 16.9. The Balaban J connectivity index is 1.38. The highest BCUT2D eigenvalue weighted by molar-refractivity contribution is 5.66. The van der Waals surface area contributed by atoms with E-state index in [0.29, 0.717) is 5.75 Å². The number of hydrogen-bond donors (Lipinski definition) is 5. The fourth-order valence-electron chi connectivity index (χ4n) is 4.60. The van der Waals surface area contributed by atoms with Crippen LogP contribution in [0.1, 0.15) is 18.1 Å². The number of morpholine rings is 1. The number of nitrogens with one attached hydrogen (secondary N) is 1. The standard InChI is InChI=1S/C27H38N2O7/c1-18-14-21(6-7-22(18)35-26-27(2,33)25(32)24(31)23(17-30)36-26)20-5-3-4-19(15-20)16-28-8-9-29-10-12-34-13-11-29/h3-7,14-15,23-26,28,30-33H,8-13,16-17H2,1-2H3. The molecule has 0 spiro atoms. The molecule has 2 fully saturated rings. The van der Waals surface area contributed by atoms with E-state index in [2.05, 4.69) is 28.4 Å². The van der Waals surface area contributed by atoms with Crippen molar-refractivity contribution in [2.75, 3.05) is 46.0 Å². The van der Waals surface area contributed by atoms with Crippen molar-refractivity contribution in [3.63, 3.8) is 0 Å². The number of ether oxygens (including phenoxy) is 3. The molecule has 2 heterocycles. The summed E-state index contributed by atoms with van der Waals surface area (Å²) in [6.07, 6.45) is -5.27. The lowest BCUT2D eigenvalue weighted by molar-refractivity contribution is -0.314. The van der Waals surface area contributed by atoms with Crippen molar-refractivity contribution in [3.05, 3.63) is 53.6 Å². The number of rotatable bonds is 9. The highest BCUT2D eigenvalue weighted by atomic mass is 16.7. The SMILES string of the molecule is Cc1cc(-c2cccc(CNCCN3CCOCC3)c2)ccc1OC1OC(CO)C(O)C(O)C1(C)O. The molecule has 0 saturated carbocycles. The fraction of sp³-hybridized carbons (Fsp3) is 0.556. The van der Waals surface area contributed by atoms with E-state index in [4.69, 9.17) is 14.2 Å². The Bertz CT molecular complexity index is 996. The van der Waals surface area contributed by atoms with Crippen molar-refractivity contribution >= 4 is 0 Å². The van der Waals surface area contributed by atoms with Gasteiger partial charge in [-0.2, -0.15) is 0 Å². The molecule has 2 saturated heterocycles. The van der Waals surface area contributed by atoms with Crippen molar-refractivity contribution in [1.29, 1.82) is 0 Å². The minimum Gasteiger partial charge on any atom is -0.461 e. The second kappa shape index (κ2) is 12.0. The molecule has 0 aromatic heterocycles. The second-order valence-electron chi connectivity index (χ2n) is 9.78. The molecule has 0 bridgehead atoms. The summed E-state index contributed by atoms with van der Waals surface area (Å²) >= 11 is 0. The van der Waals surface area contributed by atoms with Crippen LogP contribution in [0.3, 0.4) is 0 Å². The zero-order valence-corrected chi connectivity index (χ0v) is 21.0. The molecule has 0 aliphatic carbocycles. The first-order valence-corrected chi connectivity index (χ1v) is 12.5. The second-order valence-corrected chi connectivity index (χ2v) is 9.78. The van der Waals surface area contributed by atoms with Crippen molar-refractivity contribution in [2.24, 2.45) is 0 Å². The molecule has 2 aromatic carbocycles. The van der Waals surface area contributed by atoms with Crippen molar-refractivity contribution in [3.8, 4) is 16.9 Å². The Morgan fingerprint density at radius 1 is 1.11 bits per heavy atom. The summed E-state index contributed by atoms with van der Waals surface area (Å²) in [6, 6.07) is 14.1. The molecule has 2 aliphatic rings. The third-order valence-electron chi connectivity index (χ3n) is 6.97. The molecule has 5 unspecified atom stereocenters. The van der Waals surface area contributed by atoms with Crippen LogP contribution in [0.2, 0.25) is 0 Å². The number of benzene rings is 2. The van der Waals surface area contributed by atoms with Crippen LogP contribution < -0.4 is 10.1 Å². The Kier molecular flexibility index (Phi) is 8.97. The van der Waals surface area contributed by atoms with Gasteiger partial charge in [0.2, 0.25) is 6.29 Å². The predicted octanol–water partition coefficient (Wildman–Crippen LogP) is 0.653. The van der Waals surface area contributed by atoms with E-state index in [-0.39, 0.29) is 0 Å². The van der Waals surface area contributed by atoms with Crippen molar-refractivity contribution < 1.29 is 34.6 Å². The molecule has 9 nitrogen and oxygen atoms in total. The molecule has 198 valence electrons. The lowest BCUT2D eigenvalue weighted by Crippen LogP contribution is -2.66. The van der Waals surface area contributed by atoms with Gasteiger partial charge in [-0.1, -0.05) is 24.3 Å². The van der Waals surface area contributed by atoms with E-state index in [1.54, 1.807) is 6.07 Å². The van der Waals surface area contributed by atoms with E-state index in [9.17, 15) is 20.4 Å². The molecule has 2 aliphatic heterocycles. The fourth-order valence-corrected chi connectivity index (χ4v) is 4.60. The molecule has 4 rings (SSSR count). The van der Waals surface area contributed by atoms with E-state index in [1.165, 1.54) is 12.5 Å². The first-order chi connectivity index (χ1) is 17.3.